The van der Waals surface area contributed by atoms with Gasteiger partial charge in [0.25, 0.3) is 5.91 Å². The molecule has 0 aromatic carbocycles. The van der Waals surface area contributed by atoms with E-state index in [1.165, 1.54) is 11.3 Å². The first kappa shape index (κ1) is 17.2. The molecule has 2 aromatic rings. The van der Waals surface area contributed by atoms with Gasteiger partial charge in [0.15, 0.2) is 0 Å². The molecule has 0 saturated carbocycles. The van der Waals surface area contributed by atoms with Crippen LogP contribution >= 0.6 is 11.3 Å². The highest BCUT2D eigenvalue weighted by atomic mass is 32.1. The van der Waals surface area contributed by atoms with Crippen molar-refractivity contribution in [3.8, 4) is 0 Å². The fraction of sp³-hybridized carbons (Fsp3) is 0.353. The number of aromatic nitrogens is 1. The van der Waals surface area contributed by atoms with Crippen molar-refractivity contribution < 1.29 is 14.3 Å². The molecule has 2 aromatic heterocycles. The fourth-order valence-corrected chi connectivity index (χ4v) is 3.20. The third-order valence-electron chi connectivity index (χ3n) is 3.88. The largest absolute Gasteiger partial charge is 0.450 e. The summed E-state index contributed by atoms with van der Waals surface area (Å²) in [5, 5.41) is 4.70. The highest BCUT2D eigenvalue weighted by molar-refractivity contribution is 7.12. The van der Waals surface area contributed by atoms with Crippen LogP contribution < -0.4 is 10.2 Å². The van der Waals surface area contributed by atoms with E-state index in [2.05, 4.69) is 15.2 Å². The lowest BCUT2D eigenvalue weighted by molar-refractivity contribution is 0.102. The fourth-order valence-electron chi connectivity index (χ4n) is 2.58. The van der Waals surface area contributed by atoms with Gasteiger partial charge in [-0.3, -0.25) is 4.79 Å². The number of rotatable bonds is 4. The number of nitrogens with zero attached hydrogens (tertiary/aromatic N) is 3. The highest BCUT2D eigenvalue weighted by Gasteiger charge is 2.22. The van der Waals surface area contributed by atoms with E-state index in [0.717, 1.165) is 5.82 Å². The summed E-state index contributed by atoms with van der Waals surface area (Å²) >= 11 is 1.40. The van der Waals surface area contributed by atoms with E-state index >= 15 is 0 Å². The Hall–Kier alpha value is -2.61. The first-order chi connectivity index (χ1) is 12.2. The number of hydrogen-bond donors (Lipinski definition) is 1. The number of anilines is 2. The van der Waals surface area contributed by atoms with Crippen molar-refractivity contribution in [1.82, 2.24) is 9.88 Å². The topological polar surface area (TPSA) is 74.8 Å². The van der Waals surface area contributed by atoms with Gasteiger partial charge in [0.1, 0.15) is 5.82 Å². The summed E-state index contributed by atoms with van der Waals surface area (Å²) < 4.78 is 5.02. The number of thiophene rings is 1. The van der Waals surface area contributed by atoms with Gasteiger partial charge in [-0.25, -0.2) is 9.78 Å². The summed E-state index contributed by atoms with van der Waals surface area (Å²) in [5.74, 6) is 0.699. The summed E-state index contributed by atoms with van der Waals surface area (Å²) in [6.45, 7) is 4.81. The highest BCUT2D eigenvalue weighted by Crippen LogP contribution is 2.18. The standard InChI is InChI=1S/C17H20N4O3S/c1-2-24-17(23)21-9-7-20(8-10-21)15-6-5-13(12-18-15)19-16(22)14-4-3-11-25-14/h3-6,11-12H,2,7-10H2,1H3,(H,19,22). The zero-order chi connectivity index (χ0) is 17.6. The zero-order valence-electron chi connectivity index (χ0n) is 14.0. The molecular formula is C17H20N4O3S. The Morgan fingerprint density at radius 2 is 2.04 bits per heavy atom. The summed E-state index contributed by atoms with van der Waals surface area (Å²) in [6.07, 6.45) is 1.39. The molecular weight excluding hydrogens is 340 g/mol. The first-order valence-electron chi connectivity index (χ1n) is 8.15. The van der Waals surface area contributed by atoms with Crippen LogP contribution in [0.15, 0.2) is 35.8 Å². The van der Waals surface area contributed by atoms with E-state index in [1.807, 2.05) is 23.6 Å². The molecule has 1 aliphatic rings. The Balaban J connectivity index is 1.54. The SMILES string of the molecule is CCOC(=O)N1CCN(c2ccc(NC(=O)c3cccs3)cn2)CC1. The molecule has 0 unspecified atom stereocenters. The lowest BCUT2D eigenvalue weighted by atomic mass is 10.3. The molecule has 1 saturated heterocycles. The van der Waals surface area contributed by atoms with Gasteiger partial charge in [0.2, 0.25) is 0 Å². The molecule has 7 nitrogen and oxygen atoms in total. The molecule has 3 rings (SSSR count). The van der Waals surface area contributed by atoms with E-state index in [-0.39, 0.29) is 12.0 Å². The number of carbonyl (C=O) groups is 2. The van der Waals surface area contributed by atoms with Crippen molar-refractivity contribution in [2.24, 2.45) is 0 Å². The van der Waals surface area contributed by atoms with E-state index in [1.54, 1.807) is 24.1 Å². The van der Waals surface area contributed by atoms with Crippen LogP contribution in [-0.4, -0.2) is 54.7 Å². The molecule has 0 radical (unpaired) electrons. The lowest BCUT2D eigenvalue weighted by Crippen LogP contribution is -2.49. The first-order valence-corrected chi connectivity index (χ1v) is 9.03. The molecule has 1 N–H and O–H groups in total. The summed E-state index contributed by atoms with van der Waals surface area (Å²) in [5.41, 5.74) is 0.660. The lowest BCUT2D eigenvalue weighted by Gasteiger charge is -2.34. The van der Waals surface area contributed by atoms with Crippen molar-refractivity contribution in [3.63, 3.8) is 0 Å². The smallest absolute Gasteiger partial charge is 0.409 e. The molecule has 132 valence electrons. The van der Waals surface area contributed by atoms with E-state index in [0.29, 0.717) is 43.4 Å². The molecule has 25 heavy (non-hydrogen) atoms. The van der Waals surface area contributed by atoms with Crippen LogP contribution in [0.3, 0.4) is 0 Å². The van der Waals surface area contributed by atoms with Crippen LogP contribution in [-0.2, 0) is 4.74 Å². The zero-order valence-corrected chi connectivity index (χ0v) is 14.8. The molecule has 0 spiro atoms. The van der Waals surface area contributed by atoms with Crippen LogP contribution in [0, 0.1) is 0 Å². The number of nitrogens with one attached hydrogen (secondary N) is 1. The minimum atomic E-state index is -0.262. The molecule has 1 aliphatic heterocycles. The quantitative estimate of drug-likeness (QED) is 0.907. The number of piperazine rings is 1. The summed E-state index contributed by atoms with van der Waals surface area (Å²) in [4.78, 5) is 32.6. The predicted octanol–water partition coefficient (Wildman–Crippen LogP) is 2.67. The van der Waals surface area contributed by atoms with Gasteiger partial charge in [-0.15, -0.1) is 11.3 Å². The van der Waals surface area contributed by atoms with Gasteiger partial charge in [0.05, 0.1) is 23.4 Å². The maximum atomic E-state index is 12.0. The number of hydrogen-bond acceptors (Lipinski definition) is 6. The minimum Gasteiger partial charge on any atom is -0.450 e. The molecule has 0 aliphatic carbocycles. The van der Waals surface area contributed by atoms with Crippen LogP contribution in [0.4, 0.5) is 16.3 Å². The number of carbonyl (C=O) groups excluding carboxylic acids is 2. The maximum Gasteiger partial charge on any atom is 0.409 e. The Morgan fingerprint density at radius 1 is 1.24 bits per heavy atom. The van der Waals surface area contributed by atoms with Crippen LogP contribution in [0.25, 0.3) is 0 Å². The van der Waals surface area contributed by atoms with Crippen molar-refractivity contribution in [3.05, 3.63) is 40.7 Å². The van der Waals surface area contributed by atoms with Crippen molar-refractivity contribution in [2.75, 3.05) is 43.0 Å². The summed E-state index contributed by atoms with van der Waals surface area (Å²) in [6, 6.07) is 7.34. The second-order valence-corrected chi connectivity index (χ2v) is 6.46. The molecule has 0 bridgehead atoms. The van der Waals surface area contributed by atoms with Crippen molar-refractivity contribution in [1.29, 1.82) is 0 Å². The van der Waals surface area contributed by atoms with Gasteiger partial charge in [-0.05, 0) is 30.5 Å². The average molecular weight is 360 g/mol. The van der Waals surface area contributed by atoms with E-state index < -0.39 is 0 Å². The number of ether oxygens (including phenoxy) is 1. The van der Waals surface area contributed by atoms with Crippen LogP contribution in [0.1, 0.15) is 16.6 Å². The van der Waals surface area contributed by atoms with Crippen LogP contribution in [0.5, 0.6) is 0 Å². The Morgan fingerprint density at radius 3 is 2.64 bits per heavy atom. The van der Waals surface area contributed by atoms with Gasteiger partial charge < -0.3 is 19.9 Å². The molecule has 1 fully saturated rings. The third kappa shape index (κ3) is 4.27. The Kier molecular flexibility index (Phi) is 5.49. The Bertz CT molecular complexity index is 710. The summed E-state index contributed by atoms with van der Waals surface area (Å²) in [7, 11) is 0. The van der Waals surface area contributed by atoms with Gasteiger partial charge in [-0.2, -0.15) is 0 Å². The normalized spacial score (nSPS) is 14.3. The van der Waals surface area contributed by atoms with Gasteiger partial charge >= 0.3 is 6.09 Å². The second-order valence-electron chi connectivity index (χ2n) is 5.51. The number of pyridine rings is 1. The van der Waals surface area contributed by atoms with E-state index in [4.69, 9.17) is 4.74 Å². The molecule has 3 heterocycles. The van der Waals surface area contributed by atoms with Crippen molar-refractivity contribution in [2.45, 2.75) is 6.92 Å². The predicted molar refractivity (Wildman–Crippen MR) is 97.3 cm³/mol. The van der Waals surface area contributed by atoms with Gasteiger partial charge in [0, 0.05) is 26.2 Å². The van der Waals surface area contributed by atoms with Gasteiger partial charge in [-0.1, -0.05) is 6.07 Å². The van der Waals surface area contributed by atoms with Crippen molar-refractivity contribution >= 4 is 34.8 Å². The minimum absolute atomic E-state index is 0.132. The van der Waals surface area contributed by atoms with E-state index in [9.17, 15) is 9.59 Å². The van der Waals surface area contributed by atoms with Crippen LogP contribution in [0.2, 0.25) is 0 Å². The Labute approximate surface area is 150 Å². The maximum absolute atomic E-state index is 12.0. The number of amides is 2. The molecule has 0 atom stereocenters. The second kappa shape index (κ2) is 7.98. The molecule has 8 heteroatoms. The monoisotopic (exact) mass is 360 g/mol. The average Bonchev–Trinajstić information content (AvgIpc) is 3.18. The third-order valence-corrected chi connectivity index (χ3v) is 4.75. The molecule has 2 amide bonds.